The molecule has 2 aliphatic rings. The first kappa shape index (κ1) is 24.0. The summed E-state index contributed by atoms with van der Waals surface area (Å²) in [7, 11) is 0. The highest BCUT2D eigenvalue weighted by molar-refractivity contribution is 5.90. The monoisotopic (exact) mass is 508 g/mol. The molecule has 2 N–H and O–H groups in total. The number of ether oxygens (including phenoxy) is 1. The van der Waals surface area contributed by atoms with Crippen molar-refractivity contribution in [1.82, 2.24) is 5.16 Å². The second-order valence-electron chi connectivity index (χ2n) is 10.1. The van der Waals surface area contributed by atoms with Crippen LogP contribution in [0.15, 0.2) is 77.4 Å². The average molecular weight is 509 g/mol. The molecule has 7 nitrogen and oxygen atoms in total. The molecule has 1 atom stereocenters. The number of carbonyl (C=O) groups excluding carboxylic acids is 1. The van der Waals surface area contributed by atoms with Crippen molar-refractivity contribution in [3.05, 3.63) is 95.2 Å². The van der Waals surface area contributed by atoms with Gasteiger partial charge in [0.05, 0.1) is 11.6 Å². The largest absolute Gasteiger partial charge is 0.481 e. The Kier molecular flexibility index (Phi) is 5.98. The molecule has 1 fully saturated rings. The number of carboxylic acids is 1. The van der Waals surface area contributed by atoms with Crippen molar-refractivity contribution in [3.63, 3.8) is 0 Å². The highest BCUT2D eigenvalue weighted by atomic mass is 16.6. The lowest BCUT2D eigenvalue weighted by molar-refractivity contribution is -0.140. The van der Waals surface area contributed by atoms with Gasteiger partial charge in [0.15, 0.2) is 5.76 Å². The number of benzene rings is 3. The fraction of sp³-hybridized carbons (Fsp3) is 0.258. The molecule has 3 aromatic carbocycles. The molecule has 1 saturated carbocycles. The Morgan fingerprint density at radius 2 is 1.68 bits per heavy atom. The summed E-state index contributed by atoms with van der Waals surface area (Å²) in [5.41, 5.74) is 7.10. The molecule has 1 amide bonds. The van der Waals surface area contributed by atoms with Gasteiger partial charge in [-0.05, 0) is 72.4 Å². The zero-order chi connectivity index (χ0) is 26.3. The van der Waals surface area contributed by atoms with E-state index in [0.717, 1.165) is 59.9 Å². The lowest BCUT2D eigenvalue weighted by atomic mass is 9.86. The van der Waals surface area contributed by atoms with Crippen LogP contribution in [-0.4, -0.2) is 22.3 Å². The van der Waals surface area contributed by atoms with Crippen molar-refractivity contribution >= 4 is 17.7 Å². The van der Waals surface area contributed by atoms with Gasteiger partial charge in [0.2, 0.25) is 0 Å². The molecule has 0 spiro atoms. The molecule has 0 saturated heterocycles. The molecule has 0 radical (unpaired) electrons. The number of anilines is 1. The topological polar surface area (TPSA) is 102 Å². The summed E-state index contributed by atoms with van der Waals surface area (Å²) >= 11 is 0. The van der Waals surface area contributed by atoms with E-state index < -0.39 is 23.6 Å². The Balaban J connectivity index is 1.21. The first-order valence-corrected chi connectivity index (χ1v) is 12.9. The molecular formula is C31H28N2O5. The fourth-order valence-electron chi connectivity index (χ4n) is 5.58. The van der Waals surface area contributed by atoms with Crippen LogP contribution in [0.2, 0.25) is 0 Å². The van der Waals surface area contributed by atoms with Crippen molar-refractivity contribution < 1.29 is 24.0 Å². The Morgan fingerprint density at radius 3 is 2.39 bits per heavy atom. The molecule has 38 heavy (non-hydrogen) atoms. The second-order valence-corrected chi connectivity index (χ2v) is 10.1. The number of hydrogen-bond donors (Lipinski definition) is 2. The predicted octanol–water partition coefficient (Wildman–Crippen LogP) is 6.92. The number of nitrogens with one attached hydrogen (secondary N) is 1. The van der Waals surface area contributed by atoms with Gasteiger partial charge in [-0.25, -0.2) is 4.79 Å². The van der Waals surface area contributed by atoms with Gasteiger partial charge in [-0.15, -0.1) is 0 Å². The van der Waals surface area contributed by atoms with Crippen molar-refractivity contribution in [2.24, 2.45) is 0 Å². The van der Waals surface area contributed by atoms with Gasteiger partial charge in [0.25, 0.3) is 0 Å². The standard InChI is InChI=1S/C31H28N2O5/c1-19(20-6-3-2-4-7-20)37-30(36)33-27-18-32-38-28(27)22-12-10-21(11-13-22)23-14-15-26(25-9-5-8-24(23)25)31(16-17-31)29(34)35/h2-4,6-7,10-15,18-19H,5,8-9,16-17H2,1H3,(H,33,36)(H,34,35). The lowest BCUT2D eigenvalue weighted by Crippen LogP contribution is -2.21. The van der Waals surface area contributed by atoms with E-state index in [1.165, 1.54) is 17.3 Å². The van der Waals surface area contributed by atoms with Crippen LogP contribution < -0.4 is 5.32 Å². The SMILES string of the molecule is CC(OC(=O)Nc1cnoc1-c1ccc(-c2ccc(C3(C(=O)O)CC3)c3c2CCC3)cc1)c1ccccc1. The second kappa shape index (κ2) is 9.49. The number of fused-ring (bicyclic) bond motifs is 1. The smallest absolute Gasteiger partial charge is 0.412 e. The molecule has 7 heteroatoms. The van der Waals surface area contributed by atoms with Crippen LogP contribution in [0.1, 0.15) is 54.5 Å². The summed E-state index contributed by atoms with van der Waals surface area (Å²) in [6.45, 7) is 1.82. The zero-order valence-corrected chi connectivity index (χ0v) is 21.1. The molecule has 1 unspecified atom stereocenters. The summed E-state index contributed by atoms with van der Waals surface area (Å²) in [4.78, 5) is 24.5. The maximum Gasteiger partial charge on any atom is 0.412 e. The highest BCUT2D eigenvalue weighted by Gasteiger charge is 2.53. The van der Waals surface area contributed by atoms with E-state index in [2.05, 4.69) is 16.5 Å². The molecule has 1 heterocycles. The van der Waals surface area contributed by atoms with E-state index in [4.69, 9.17) is 9.26 Å². The lowest BCUT2D eigenvalue weighted by Gasteiger charge is -2.18. The van der Waals surface area contributed by atoms with Gasteiger partial charge in [-0.3, -0.25) is 10.1 Å². The van der Waals surface area contributed by atoms with Gasteiger partial charge in [0, 0.05) is 5.56 Å². The Labute approximate surface area is 220 Å². The molecule has 192 valence electrons. The number of carboxylic acid groups (broad SMARTS) is 1. The van der Waals surface area contributed by atoms with Crippen LogP contribution in [-0.2, 0) is 27.8 Å². The summed E-state index contributed by atoms with van der Waals surface area (Å²) in [5.74, 6) is -0.267. The molecular weight excluding hydrogens is 480 g/mol. The summed E-state index contributed by atoms with van der Waals surface area (Å²) in [6.07, 6.45) is 4.82. The van der Waals surface area contributed by atoms with Gasteiger partial charge >= 0.3 is 12.1 Å². The number of carbonyl (C=O) groups is 2. The maximum absolute atomic E-state index is 12.5. The van der Waals surface area contributed by atoms with E-state index in [1.807, 2.05) is 67.6 Å². The third-order valence-electron chi connectivity index (χ3n) is 7.78. The van der Waals surface area contributed by atoms with Crippen LogP contribution >= 0.6 is 0 Å². The van der Waals surface area contributed by atoms with Gasteiger partial charge in [-0.1, -0.05) is 71.9 Å². The molecule has 0 aliphatic heterocycles. The van der Waals surface area contributed by atoms with Gasteiger partial charge < -0.3 is 14.4 Å². The summed E-state index contributed by atoms with van der Waals surface area (Å²) in [6, 6.07) is 21.5. The summed E-state index contributed by atoms with van der Waals surface area (Å²) < 4.78 is 11.0. The van der Waals surface area contributed by atoms with E-state index >= 15 is 0 Å². The Hall–Kier alpha value is -4.39. The molecule has 6 rings (SSSR count). The van der Waals surface area contributed by atoms with Crippen LogP contribution in [0.4, 0.5) is 10.5 Å². The molecule has 0 bridgehead atoms. The molecule has 2 aliphatic carbocycles. The molecule has 4 aromatic rings. The maximum atomic E-state index is 12.5. The minimum Gasteiger partial charge on any atom is -0.481 e. The third-order valence-corrected chi connectivity index (χ3v) is 7.78. The van der Waals surface area contributed by atoms with Crippen LogP contribution in [0.5, 0.6) is 0 Å². The minimum absolute atomic E-state index is 0.405. The summed E-state index contributed by atoms with van der Waals surface area (Å²) in [5, 5.41) is 16.4. The molecule has 1 aromatic heterocycles. The van der Waals surface area contributed by atoms with Crippen molar-refractivity contribution in [3.8, 4) is 22.5 Å². The van der Waals surface area contributed by atoms with E-state index in [0.29, 0.717) is 11.4 Å². The number of rotatable bonds is 7. The third kappa shape index (κ3) is 4.24. The number of aliphatic carboxylic acids is 1. The number of aromatic nitrogens is 1. The Bertz CT molecular complexity index is 1500. The Morgan fingerprint density at radius 1 is 0.974 bits per heavy atom. The van der Waals surface area contributed by atoms with Crippen molar-refractivity contribution in [1.29, 1.82) is 0 Å². The van der Waals surface area contributed by atoms with Crippen LogP contribution in [0.3, 0.4) is 0 Å². The van der Waals surface area contributed by atoms with Gasteiger partial charge in [0.1, 0.15) is 11.8 Å². The van der Waals surface area contributed by atoms with E-state index in [1.54, 1.807) is 0 Å². The van der Waals surface area contributed by atoms with Crippen molar-refractivity contribution in [2.45, 2.75) is 50.5 Å². The first-order chi connectivity index (χ1) is 18.5. The quantitative estimate of drug-likeness (QED) is 0.281. The normalized spacial score (nSPS) is 15.9. The van der Waals surface area contributed by atoms with E-state index in [9.17, 15) is 14.7 Å². The zero-order valence-electron chi connectivity index (χ0n) is 21.1. The van der Waals surface area contributed by atoms with Crippen LogP contribution in [0.25, 0.3) is 22.5 Å². The fourth-order valence-corrected chi connectivity index (χ4v) is 5.58. The predicted molar refractivity (Wildman–Crippen MR) is 143 cm³/mol. The first-order valence-electron chi connectivity index (χ1n) is 12.9. The number of hydrogen-bond acceptors (Lipinski definition) is 5. The minimum atomic E-state index is -0.710. The highest BCUT2D eigenvalue weighted by Crippen LogP contribution is 2.52. The average Bonchev–Trinajstić information content (AvgIpc) is 3.36. The van der Waals surface area contributed by atoms with E-state index in [-0.39, 0.29) is 0 Å². The number of amides is 1. The van der Waals surface area contributed by atoms with Crippen LogP contribution in [0, 0.1) is 0 Å². The number of nitrogens with zero attached hydrogens (tertiary/aromatic N) is 1. The van der Waals surface area contributed by atoms with Crippen molar-refractivity contribution in [2.75, 3.05) is 5.32 Å². The van der Waals surface area contributed by atoms with Gasteiger partial charge in [-0.2, -0.15) is 0 Å².